The van der Waals surface area contributed by atoms with E-state index < -0.39 is 0 Å². The molecule has 5 nitrogen and oxygen atoms in total. The summed E-state index contributed by atoms with van der Waals surface area (Å²) in [6.07, 6.45) is 1.27. The maximum atomic E-state index is 12.4. The van der Waals surface area contributed by atoms with Crippen LogP contribution in [-0.4, -0.2) is 44.9 Å². The number of rotatable bonds is 1. The third kappa shape index (κ3) is 2.20. The van der Waals surface area contributed by atoms with Crippen LogP contribution in [0.4, 0.5) is 0 Å². The second kappa shape index (κ2) is 4.49. The van der Waals surface area contributed by atoms with E-state index in [4.69, 9.17) is 0 Å². The zero-order valence-electron chi connectivity index (χ0n) is 10.6. The Labute approximate surface area is 101 Å². The van der Waals surface area contributed by atoms with Gasteiger partial charge in [-0.3, -0.25) is 9.48 Å². The van der Waals surface area contributed by atoms with E-state index >= 15 is 0 Å². The number of aromatic nitrogens is 2. The molecule has 0 aliphatic carbocycles. The molecule has 94 valence electrons. The van der Waals surface area contributed by atoms with Gasteiger partial charge in [-0.15, -0.1) is 0 Å². The van der Waals surface area contributed by atoms with E-state index in [1.807, 2.05) is 20.9 Å². The average molecular weight is 237 g/mol. The molecule has 1 aromatic rings. The maximum Gasteiger partial charge on any atom is 0.257 e. The van der Waals surface area contributed by atoms with Gasteiger partial charge in [-0.2, -0.15) is 5.10 Å². The lowest BCUT2D eigenvalue weighted by Gasteiger charge is -2.30. The highest BCUT2D eigenvalue weighted by molar-refractivity contribution is 5.96. The first kappa shape index (κ1) is 12.1. The number of β-amino-alcohol motifs (C(OH)–C–C–N with tert-alkyl or cyclic N) is 1. The molecule has 1 fully saturated rings. The number of aliphatic hydroxyl groups is 1. The fraction of sp³-hybridized carbons (Fsp3) is 0.667. The number of carbonyl (C=O) groups excluding carboxylic acids is 1. The van der Waals surface area contributed by atoms with Gasteiger partial charge in [0.25, 0.3) is 5.91 Å². The van der Waals surface area contributed by atoms with E-state index in [-0.39, 0.29) is 12.0 Å². The zero-order valence-corrected chi connectivity index (χ0v) is 10.6. The van der Waals surface area contributed by atoms with Crippen molar-refractivity contribution in [3.8, 4) is 0 Å². The van der Waals surface area contributed by atoms with Crippen molar-refractivity contribution in [3.05, 3.63) is 17.0 Å². The van der Waals surface area contributed by atoms with Crippen LogP contribution in [0.15, 0.2) is 0 Å². The summed E-state index contributed by atoms with van der Waals surface area (Å²) in [5.74, 6) is -0.00755. The number of carbonyl (C=O) groups is 1. The van der Waals surface area contributed by atoms with Gasteiger partial charge in [0, 0.05) is 25.8 Å². The lowest BCUT2D eigenvalue weighted by Crippen LogP contribution is -2.42. The largest absolute Gasteiger partial charge is 0.391 e. The van der Waals surface area contributed by atoms with Crippen LogP contribution >= 0.6 is 0 Å². The van der Waals surface area contributed by atoms with Crippen LogP contribution in [0.25, 0.3) is 0 Å². The summed E-state index contributed by atoms with van der Waals surface area (Å²) < 4.78 is 1.73. The molecule has 1 amide bonds. The van der Waals surface area contributed by atoms with E-state index in [2.05, 4.69) is 5.10 Å². The van der Waals surface area contributed by atoms with E-state index in [1.54, 1.807) is 9.58 Å². The van der Waals surface area contributed by atoms with Crippen molar-refractivity contribution in [1.29, 1.82) is 0 Å². The molecular weight excluding hydrogens is 218 g/mol. The van der Waals surface area contributed by atoms with Gasteiger partial charge in [0.2, 0.25) is 0 Å². The summed E-state index contributed by atoms with van der Waals surface area (Å²) in [5, 5.41) is 13.9. The highest BCUT2D eigenvalue weighted by Gasteiger charge is 2.26. The summed E-state index contributed by atoms with van der Waals surface area (Å²) >= 11 is 0. The predicted octanol–water partition coefficient (Wildman–Crippen LogP) is 0.634. The lowest BCUT2D eigenvalue weighted by molar-refractivity contribution is 0.0472. The lowest BCUT2D eigenvalue weighted by atomic mass is 10.1. The standard InChI is InChI=1S/C12H19N3O2/c1-8-11(9(2)14(3)13-8)12(17)15-6-4-5-10(16)7-15/h10,16H,4-7H2,1-3H3/t10-/m0/s1. The SMILES string of the molecule is Cc1nn(C)c(C)c1C(=O)N1CCC[C@H](O)C1. The van der Waals surface area contributed by atoms with Gasteiger partial charge < -0.3 is 10.0 Å². The van der Waals surface area contributed by atoms with E-state index in [9.17, 15) is 9.90 Å². The molecular formula is C12H19N3O2. The Morgan fingerprint density at radius 1 is 1.47 bits per heavy atom. The van der Waals surface area contributed by atoms with Crippen LogP contribution in [0.1, 0.15) is 34.6 Å². The summed E-state index contributed by atoms with van der Waals surface area (Å²) in [5.41, 5.74) is 2.32. The van der Waals surface area contributed by atoms with Crippen molar-refractivity contribution in [2.45, 2.75) is 32.8 Å². The molecule has 5 heteroatoms. The van der Waals surface area contributed by atoms with Gasteiger partial charge in [-0.25, -0.2) is 0 Å². The van der Waals surface area contributed by atoms with Crippen molar-refractivity contribution >= 4 is 5.91 Å². The van der Waals surface area contributed by atoms with Gasteiger partial charge in [0.1, 0.15) is 0 Å². The fourth-order valence-electron chi connectivity index (χ4n) is 2.38. The molecule has 1 N–H and O–H groups in total. The van der Waals surface area contributed by atoms with Crippen LogP contribution in [0.2, 0.25) is 0 Å². The van der Waals surface area contributed by atoms with Crippen molar-refractivity contribution in [3.63, 3.8) is 0 Å². The molecule has 0 saturated carbocycles. The number of hydrogen-bond acceptors (Lipinski definition) is 3. The van der Waals surface area contributed by atoms with E-state index in [0.717, 1.165) is 30.8 Å². The summed E-state index contributed by atoms with van der Waals surface area (Å²) in [6.45, 7) is 4.91. The fourth-order valence-corrected chi connectivity index (χ4v) is 2.38. The Morgan fingerprint density at radius 2 is 2.18 bits per heavy atom. The molecule has 1 aliphatic heterocycles. The summed E-state index contributed by atoms with van der Waals surface area (Å²) in [7, 11) is 1.84. The Hall–Kier alpha value is -1.36. The molecule has 17 heavy (non-hydrogen) atoms. The zero-order chi connectivity index (χ0) is 12.6. The topological polar surface area (TPSA) is 58.4 Å². The molecule has 1 aliphatic rings. The third-order valence-corrected chi connectivity index (χ3v) is 3.41. The molecule has 0 aromatic carbocycles. The van der Waals surface area contributed by atoms with Gasteiger partial charge in [0.15, 0.2) is 0 Å². The normalized spacial score (nSPS) is 20.7. The van der Waals surface area contributed by atoms with Crippen LogP contribution in [0, 0.1) is 13.8 Å². The van der Waals surface area contributed by atoms with Gasteiger partial charge >= 0.3 is 0 Å². The number of aliphatic hydroxyl groups excluding tert-OH is 1. The van der Waals surface area contributed by atoms with Crippen LogP contribution in [-0.2, 0) is 7.05 Å². The van der Waals surface area contributed by atoms with E-state index in [0.29, 0.717) is 12.1 Å². The second-order valence-corrected chi connectivity index (χ2v) is 4.72. The summed E-state index contributed by atoms with van der Waals surface area (Å²) in [4.78, 5) is 14.1. The van der Waals surface area contributed by atoms with Crippen molar-refractivity contribution < 1.29 is 9.90 Å². The number of nitrogens with zero attached hydrogens (tertiary/aromatic N) is 3. The molecule has 2 rings (SSSR count). The first-order valence-corrected chi connectivity index (χ1v) is 5.98. The molecule has 1 aromatic heterocycles. The van der Waals surface area contributed by atoms with Crippen LogP contribution in [0.3, 0.4) is 0 Å². The predicted molar refractivity (Wildman–Crippen MR) is 63.8 cm³/mol. The first-order valence-electron chi connectivity index (χ1n) is 5.98. The van der Waals surface area contributed by atoms with Gasteiger partial charge in [0.05, 0.1) is 17.4 Å². The minimum absolute atomic E-state index is 0.00755. The monoisotopic (exact) mass is 237 g/mol. The first-order chi connectivity index (χ1) is 8.00. The quantitative estimate of drug-likeness (QED) is 0.779. The number of aryl methyl sites for hydroxylation is 2. The van der Waals surface area contributed by atoms with E-state index in [1.165, 1.54) is 0 Å². The number of amides is 1. The van der Waals surface area contributed by atoms with Gasteiger partial charge in [-0.1, -0.05) is 0 Å². The number of hydrogen-bond donors (Lipinski definition) is 1. The molecule has 0 unspecified atom stereocenters. The van der Waals surface area contributed by atoms with Crippen LogP contribution < -0.4 is 0 Å². The Morgan fingerprint density at radius 3 is 2.71 bits per heavy atom. The molecule has 2 heterocycles. The maximum absolute atomic E-state index is 12.4. The second-order valence-electron chi connectivity index (χ2n) is 4.72. The molecule has 1 saturated heterocycles. The highest BCUT2D eigenvalue weighted by Crippen LogP contribution is 2.18. The highest BCUT2D eigenvalue weighted by atomic mass is 16.3. The molecule has 0 bridgehead atoms. The van der Waals surface area contributed by atoms with Gasteiger partial charge in [-0.05, 0) is 26.7 Å². The van der Waals surface area contributed by atoms with Crippen LogP contribution in [0.5, 0.6) is 0 Å². The average Bonchev–Trinajstić information content (AvgIpc) is 2.52. The molecule has 0 spiro atoms. The van der Waals surface area contributed by atoms with Crippen molar-refractivity contribution in [1.82, 2.24) is 14.7 Å². The third-order valence-electron chi connectivity index (χ3n) is 3.41. The van der Waals surface area contributed by atoms with Crippen molar-refractivity contribution in [2.75, 3.05) is 13.1 Å². The molecule has 1 atom stereocenters. The minimum atomic E-state index is -0.384. The Balaban J connectivity index is 2.24. The number of piperidine rings is 1. The molecule has 0 radical (unpaired) electrons. The Kier molecular flexibility index (Phi) is 3.19. The Bertz CT molecular complexity index is 439. The summed E-state index contributed by atoms with van der Waals surface area (Å²) in [6, 6.07) is 0. The minimum Gasteiger partial charge on any atom is -0.391 e. The van der Waals surface area contributed by atoms with Crippen molar-refractivity contribution in [2.24, 2.45) is 7.05 Å². The number of likely N-dealkylation sites (tertiary alicyclic amines) is 1. The smallest absolute Gasteiger partial charge is 0.257 e.